The summed E-state index contributed by atoms with van der Waals surface area (Å²) in [6, 6.07) is 13.4. The number of carbonyl (C=O) groups is 2. The highest BCUT2D eigenvalue weighted by molar-refractivity contribution is 7.89. The van der Waals surface area contributed by atoms with E-state index in [1.807, 2.05) is 18.2 Å². The molecule has 0 bridgehead atoms. The molecule has 2 saturated heterocycles. The summed E-state index contributed by atoms with van der Waals surface area (Å²) in [6.07, 6.45) is 2.19. The smallest absolute Gasteiger partial charge is 0.243 e. The summed E-state index contributed by atoms with van der Waals surface area (Å²) < 4.78 is 27.1. The number of amides is 2. The van der Waals surface area contributed by atoms with E-state index in [2.05, 4.69) is 5.32 Å². The van der Waals surface area contributed by atoms with Gasteiger partial charge in [-0.2, -0.15) is 4.31 Å². The molecular formula is C22H24ClN3O4S. The number of hydrogen-bond acceptors (Lipinski definition) is 4. The Morgan fingerprint density at radius 1 is 1.00 bits per heavy atom. The molecule has 0 atom stereocenters. The molecule has 2 aliphatic heterocycles. The first-order chi connectivity index (χ1) is 14.9. The zero-order valence-electron chi connectivity index (χ0n) is 17.0. The molecule has 2 aromatic rings. The lowest BCUT2D eigenvalue weighted by Crippen LogP contribution is -2.41. The largest absolute Gasteiger partial charge is 0.324 e. The lowest BCUT2D eigenvalue weighted by atomic mass is 9.97. The second-order valence-corrected chi connectivity index (χ2v) is 10.2. The Kier molecular flexibility index (Phi) is 6.31. The van der Waals surface area contributed by atoms with Crippen LogP contribution in [0.15, 0.2) is 53.4 Å². The van der Waals surface area contributed by atoms with E-state index in [9.17, 15) is 18.0 Å². The SMILES string of the molecule is O=C(Nc1ccccc1N1CCCC1=O)C1CCN(S(=O)(=O)c2ccc(Cl)cc2)CC1. The second-order valence-electron chi connectivity index (χ2n) is 7.79. The molecule has 0 aliphatic carbocycles. The molecule has 2 aliphatic rings. The third-order valence-electron chi connectivity index (χ3n) is 5.80. The molecule has 0 radical (unpaired) electrons. The van der Waals surface area contributed by atoms with Gasteiger partial charge in [-0.15, -0.1) is 0 Å². The number of para-hydroxylation sites is 2. The molecule has 4 rings (SSSR count). The number of nitrogens with one attached hydrogen (secondary N) is 1. The van der Waals surface area contributed by atoms with E-state index in [-0.39, 0.29) is 35.7 Å². The molecule has 0 unspecified atom stereocenters. The van der Waals surface area contributed by atoms with E-state index < -0.39 is 10.0 Å². The van der Waals surface area contributed by atoms with E-state index in [0.717, 1.165) is 6.42 Å². The molecule has 2 amide bonds. The van der Waals surface area contributed by atoms with Crippen molar-refractivity contribution in [3.8, 4) is 0 Å². The molecule has 7 nitrogen and oxygen atoms in total. The monoisotopic (exact) mass is 461 g/mol. The van der Waals surface area contributed by atoms with Gasteiger partial charge in [0, 0.05) is 37.0 Å². The van der Waals surface area contributed by atoms with Crippen molar-refractivity contribution in [3.05, 3.63) is 53.6 Å². The molecule has 0 aromatic heterocycles. The topological polar surface area (TPSA) is 86.8 Å². The number of hydrogen-bond donors (Lipinski definition) is 1. The molecule has 164 valence electrons. The molecule has 2 aromatic carbocycles. The van der Waals surface area contributed by atoms with Crippen LogP contribution in [0.1, 0.15) is 25.7 Å². The first-order valence-electron chi connectivity index (χ1n) is 10.3. The van der Waals surface area contributed by atoms with Crippen molar-refractivity contribution in [2.75, 3.05) is 29.9 Å². The summed E-state index contributed by atoms with van der Waals surface area (Å²) in [7, 11) is -3.61. The van der Waals surface area contributed by atoms with Crippen molar-refractivity contribution in [2.24, 2.45) is 5.92 Å². The van der Waals surface area contributed by atoms with Crippen LogP contribution in [0.25, 0.3) is 0 Å². The minimum Gasteiger partial charge on any atom is -0.324 e. The van der Waals surface area contributed by atoms with Gasteiger partial charge in [-0.1, -0.05) is 23.7 Å². The standard InChI is InChI=1S/C22H24ClN3O4S/c23-17-7-9-18(10-8-17)31(29,30)25-14-11-16(12-15-25)22(28)24-19-4-1-2-5-20(19)26-13-3-6-21(26)27/h1-2,4-5,7-10,16H,3,6,11-15H2,(H,24,28). The fraction of sp³-hybridized carbons (Fsp3) is 0.364. The third kappa shape index (κ3) is 4.61. The van der Waals surface area contributed by atoms with Crippen LogP contribution >= 0.6 is 11.6 Å². The van der Waals surface area contributed by atoms with Gasteiger partial charge in [-0.3, -0.25) is 9.59 Å². The summed E-state index contributed by atoms with van der Waals surface area (Å²) in [4.78, 5) is 26.9. The molecule has 2 heterocycles. The average Bonchev–Trinajstić information content (AvgIpc) is 3.20. The lowest BCUT2D eigenvalue weighted by Gasteiger charge is -2.31. The van der Waals surface area contributed by atoms with Crippen LogP contribution in [-0.2, 0) is 19.6 Å². The third-order valence-corrected chi connectivity index (χ3v) is 7.97. The number of carbonyl (C=O) groups excluding carboxylic acids is 2. The number of halogens is 1. The Hall–Kier alpha value is -2.42. The van der Waals surface area contributed by atoms with Crippen molar-refractivity contribution in [2.45, 2.75) is 30.6 Å². The van der Waals surface area contributed by atoms with Gasteiger partial charge in [0.25, 0.3) is 0 Å². The van der Waals surface area contributed by atoms with E-state index in [1.165, 1.54) is 16.4 Å². The van der Waals surface area contributed by atoms with Gasteiger partial charge in [0.05, 0.1) is 16.3 Å². The summed E-state index contributed by atoms with van der Waals surface area (Å²) in [6.45, 7) is 1.19. The van der Waals surface area contributed by atoms with E-state index in [1.54, 1.807) is 23.1 Å². The summed E-state index contributed by atoms with van der Waals surface area (Å²) in [5, 5.41) is 3.43. The highest BCUT2D eigenvalue weighted by Crippen LogP contribution is 2.31. The van der Waals surface area contributed by atoms with Crippen LogP contribution in [0.2, 0.25) is 5.02 Å². The quantitative estimate of drug-likeness (QED) is 0.738. The van der Waals surface area contributed by atoms with Gasteiger partial charge in [-0.05, 0) is 55.7 Å². The molecular weight excluding hydrogens is 438 g/mol. The van der Waals surface area contributed by atoms with Gasteiger partial charge in [0.15, 0.2) is 0 Å². The second kappa shape index (κ2) is 8.98. The maximum absolute atomic E-state index is 12.9. The van der Waals surface area contributed by atoms with Gasteiger partial charge in [0.1, 0.15) is 0 Å². The maximum atomic E-state index is 12.9. The first kappa shape index (κ1) is 21.8. The van der Waals surface area contributed by atoms with Crippen LogP contribution in [0, 0.1) is 5.92 Å². The number of rotatable bonds is 5. The predicted molar refractivity (Wildman–Crippen MR) is 120 cm³/mol. The zero-order valence-corrected chi connectivity index (χ0v) is 18.5. The van der Waals surface area contributed by atoms with Gasteiger partial charge in [-0.25, -0.2) is 8.42 Å². The number of piperidine rings is 1. The van der Waals surface area contributed by atoms with Crippen molar-refractivity contribution in [1.29, 1.82) is 0 Å². The Morgan fingerprint density at radius 3 is 2.32 bits per heavy atom. The van der Waals surface area contributed by atoms with Crippen molar-refractivity contribution < 1.29 is 18.0 Å². The Morgan fingerprint density at radius 2 is 1.68 bits per heavy atom. The summed E-state index contributed by atoms with van der Waals surface area (Å²) >= 11 is 5.85. The number of benzene rings is 2. The van der Waals surface area contributed by atoms with Crippen LogP contribution in [0.4, 0.5) is 11.4 Å². The van der Waals surface area contributed by atoms with Crippen molar-refractivity contribution in [1.82, 2.24) is 4.31 Å². The summed E-state index contributed by atoms with van der Waals surface area (Å²) in [5.41, 5.74) is 1.32. The normalized spacial score (nSPS) is 18.4. The number of nitrogens with zero attached hydrogens (tertiary/aromatic N) is 2. The lowest BCUT2D eigenvalue weighted by molar-refractivity contribution is -0.121. The molecule has 0 saturated carbocycles. The van der Waals surface area contributed by atoms with E-state index in [4.69, 9.17) is 11.6 Å². The van der Waals surface area contributed by atoms with Crippen LogP contribution in [-0.4, -0.2) is 44.2 Å². The zero-order chi connectivity index (χ0) is 22.0. The van der Waals surface area contributed by atoms with Crippen LogP contribution in [0.5, 0.6) is 0 Å². The number of anilines is 2. The first-order valence-corrected chi connectivity index (χ1v) is 12.1. The average molecular weight is 462 g/mol. The minimum atomic E-state index is -3.61. The van der Waals surface area contributed by atoms with Gasteiger partial charge >= 0.3 is 0 Å². The molecule has 9 heteroatoms. The number of sulfonamides is 1. The molecule has 1 N–H and O–H groups in total. The fourth-order valence-electron chi connectivity index (χ4n) is 4.07. The van der Waals surface area contributed by atoms with E-state index in [0.29, 0.717) is 42.2 Å². The van der Waals surface area contributed by atoms with E-state index >= 15 is 0 Å². The highest BCUT2D eigenvalue weighted by atomic mass is 35.5. The molecule has 2 fully saturated rings. The van der Waals surface area contributed by atoms with Crippen molar-refractivity contribution in [3.63, 3.8) is 0 Å². The van der Waals surface area contributed by atoms with Crippen LogP contribution < -0.4 is 10.2 Å². The summed E-state index contributed by atoms with van der Waals surface area (Å²) in [5.74, 6) is -0.385. The maximum Gasteiger partial charge on any atom is 0.243 e. The molecule has 0 spiro atoms. The minimum absolute atomic E-state index is 0.0578. The fourth-order valence-corrected chi connectivity index (χ4v) is 5.66. The Bertz CT molecular complexity index is 1080. The van der Waals surface area contributed by atoms with Gasteiger partial charge in [0.2, 0.25) is 21.8 Å². The Labute approximate surface area is 187 Å². The highest BCUT2D eigenvalue weighted by Gasteiger charge is 2.32. The van der Waals surface area contributed by atoms with Crippen LogP contribution in [0.3, 0.4) is 0 Å². The van der Waals surface area contributed by atoms with Crippen molar-refractivity contribution >= 4 is 44.8 Å². The molecule has 31 heavy (non-hydrogen) atoms. The van der Waals surface area contributed by atoms with Gasteiger partial charge < -0.3 is 10.2 Å². The Balaban J connectivity index is 1.40. The predicted octanol–water partition coefficient (Wildman–Crippen LogP) is 3.51.